The van der Waals surface area contributed by atoms with Gasteiger partial charge in [-0.1, -0.05) is 30.3 Å². The molecule has 2 aliphatic rings. The number of anilines is 1. The van der Waals surface area contributed by atoms with Crippen LogP contribution in [0.15, 0.2) is 42.6 Å². The first-order valence-electron chi connectivity index (χ1n) is 10.6. The molecule has 31 heavy (non-hydrogen) atoms. The van der Waals surface area contributed by atoms with Gasteiger partial charge in [-0.15, -0.1) is 0 Å². The smallest absolute Gasteiger partial charge is 0.173 e. The number of benzene rings is 2. The summed E-state index contributed by atoms with van der Waals surface area (Å²) in [5.74, 6) is -0.668. The number of nitrogens with one attached hydrogen (secondary N) is 2. The summed E-state index contributed by atoms with van der Waals surface area (Å²) in [7, 11) is 3.51. The Balaban J connectivity index is 1.61. The molecule has 2 aromatic carbocycles. The second-order valence-corrected chi connectivity index (χ2v) is 8.61. The summed E-state index contributed by atoms with van der Waals surface area (Å²) < 4.78 is 30.5. The van der Waals surface area contributed by atoms with Gasteiger partial charge in [0.05, 0.1) is 11.3 Å². The third-order valence-electron chi connectivity index (χ3n) is 6.34. The molecule has 0 radical (unpaired) electrons. The van der Waals surface area contributed by atoms with Crippen LogP contribution in [0.25, 0.3) is 22.0 Å². The minimum absolute atomic E-state index is 0.0938. The van der Waals surface area contributed by atoms with Crippen molar-refractivity contribution < 1.29 is 8.78 Å². The van der Waals surface area contributed by atoms with Gasteiger partial charge in [0.1, 0.15) is 17.3 Å². The zero-order valence-corrected chi connectivity index (χ0v) is 17.6. The Labute approximate surface area is 180 Å². The maximum Gasteiger partial charge on any atom is 0.173 e. The Kier molecular flexibility index (Phi) is 4.85. The first-order valence-corrected chi connectivity index (χ1v) is 10.6. The molecule has 5 nitrogen and oxygen atoms in total. The van der Waals surface area contributed by atoms with Crippen LogP contribution in [0.1, 0.15) is 18.4 Å². The lowest BCUT2D eigenvalue weighted by Gasteiger charge is -2.35. The molecule has 2 N–H and O–H groups in total. The van der Waals surface area contributed by atoms with Crippen LogP contribution in [-0.2, 0) is 0 Å². The number of halogens is 2. The Morgan fingerprint density at radius 1 is 1.10 bits per heavy atom. The average molecular weight is 421 g/mol. The Hall–Kier alpha value is -3.06. The zero-order valence-electron chi connectivity index (χ0n) is 17.6. The molecule has 0 amide bonds. The van der Waals surface area contributed by atoms with E-state index in [4.69, 9.17) is 5.41 Å². The number of fused-ring (bicyclic) bond motifs is 3. The number of aromatic nitrogens is 1. The van der Waals surface area contributed by atoms with Gasteiger partial charge < -0.3 is 15.1 Å². The fraction of sp³-hybridized carbons (Fsp3) is 0.333. The van der Waals surface area contributed by atoms with Crippen molar-refractivity contribution in [2.75, 3.05) is 32.1 Å². The van der Waals surface area contributed by atoms with Crippen LogP contribution in [0.2, 0.25) is 0 Å². The Morgan fingerprint density at radius 2 is 1.77 bits per heavy atom. The Morgan fingerprint density at radius 3 is 2.45 bits per heavy atom. The Bertz CT molecular complexity index is 1160. The topological polar surface area (TPSA) is 55.3 Å². The first-order chi connectivity index (χ1) is 14.9. The molecule has 2 fully saturated rings. The molecule has 0 spiro atoms. The predicted molar refractivity (Wildman–Crippen MR) is 120 cm³/mol. The molecule has 3 heterocycles. The molecule has 2 aliphatic heterocycles. The lowest BCUT2D eigenvalue weighted by Crippen LogP contribution is -2.53. The van der Waals surface area contributed by atoms with Crippen LogP contribution in [0.4, 0.5) is 14.5 Å². The van der Waals surface area contributed by atoms with Gasteiger partial charge in [-0.05, 0) is 24.3 Å². The summed E-state index contributed by atoms with van der Waals surface area (Å²) in [5, 5.41) is 13.4. The number of likely N-dealkylation sites (tertiary alicyclic amines) is 1. The van der Waals surface area contributed by atoms with Crippen LogP contribution in [0.5, 0.6) is 0 Å². The summed E-state index contributed by atoms with van der Waals surface area (Å²) in [4.78, 5) is 8.08. The average Bonchev–Trinajstić information content (AvgIpc) is 3.10. The SMILES string of the molecule is CN(C)c1c(C(=N)N2CC3CCC(C2)N3)cnc(-c2cccc3cccc(F)c23)c1F. The third kappa shape index (κ3) is 3.33. The van der Waals surface area contributed by atoms with E-state index in [1.807, 2.05) is 4.90 Å². The molecule has 0 saturated carbocycles. The first kappa shape index (κ1) is 19.9. The van der Waals surface area contributed by atoms with E-state index in [2.05, 4.69) is 10.3 Å². The minimum atomic E-state index is -0.541. The van der Waals surface area contributed by atoms with Gasteiger partial charge in [0.15, 0.2) is 5.82 Å². The molecule has 2 bridgehead atoms. The third-order valence-corrected chi connectivity index (χ3v) is 6.34. The summed E-state index contributed by atoms with van der Waals surface area (Å²) in [6, 6.07) is 10.8. The van der Waals surface area contributed by atoms with Gasteiger partial charge in [0, 0.05) is 56.4 Å². The van der Waals surface area contributed by atoms with Gasteiger partial charge >= 0.3 is 0 Å². The molecule has 2 unspecified atom stereocenters. The highest BCUT2D eigenvalue weighted by molar-refractivity contribution is 6.03. The van der Waals surface area contributed by atoms with Crippen LogP contribution in [0, 0.1) is 17.0 Å². The van der Waals surface area contributed by atoms with E-state index in [1.54, 1.807) is 55.5 Å². The number of pyridine rings is 1. The summed E-state index contributed by atoms with van der Waals surface area (Å²) in [6.07, 6.45) is 3.76. The van der Waals surface area contributed by atoms with Crippen LogP contribution in [-0.4, -0.2) is 55.0 Å². The molecule has 5 rings (SSSR count). The lowest BCUT2D eigenvalue weighted by molar-refractivity contribution is 0.288. The standard InChI is InChI=1S/C24H25F2N5/c1-30(2)23-18(24(27)31-12-15-9-10-16(13-31)29-15)11-28-22(21(23)26)17-7-3-5-14-6-4-8-19(25)20(14)17/h3-8,11,15-16,27,29H,9-10,12-13H2,1-2H3. The highest BCUT2D eigenvalue weighted by Gasteiger charge is 2.34. The second kappa shape index (κ2) is 7.57. The molecule has 0 aliphatic carbocycles. The predicted octanol–water partition coefficient (Wildman–Crippen LogP) is 4.01. The van der Waals surface area contributed by atoms with E-state index in [-0.39, 0.29) is 11.5 Å². The lowest BCUT2D eigenvalue weighted by atomic mass is 9.99. The maximum absolute atomic E-state index is 15.9. The normalized spacial score (nSPS) is 20.3. The molecule has 3 aromatic rings. The maximum atomic E-state index is 15.9. The molecule has 1 aromatic heterocycles. The summed E-state index contributed by atoms with van der Waals surface area (Å²) in [5.41, 5.74) is 1.26. The molecular weight excluding hydrogens is 396 g/mol. The van der Waals surface area contributed by atoms with E-state index in [1.165, 1.54) is 6.07 Å². The second-order valence-electron chi connectivity index (χ2n) is 8.61. The van der Waals surface area contributed by atoms with E-state index in [9.17, 15) is 4.39 Å². The fourth-order valence-corrected chi connectivity index (χ4v) is 4.92. The quantitative estimate of drug-likeness (QED) is 0.496. The molecule has 160 valence electrons. The van der Waals surface area contributed by atoms with Crippen LogP contribution >= 0.6 is 0 Å². The number of nitrogens with zero attached hydrogens (tertiary/aromatic N) is 3. The van der Waals surface area contributed by atoms with Gasteiger partial charge in [0.2, 0.25) is 0 Å². The van der Waals surface area contributed by atoms with Gasteiger partial charge in [-0.25, -0.2) is 8.78 Å². The van der Waals surface area contributed by atoms with Crippen molar-refractivity contribution in [1.82, 2.24) is 15.2 Å². The molecule has 2 saturated heterocycles. The van der Waals surface area contributed by atoms with Gasteiger partial charge in [-0.3, -0.25) is 10.4 Å². The fourth-order valence-electron chi connectivity index (χ4n) is 4.92. The largest absolute Gasteiger partial charge is 0.375 e. The zero-order chi connectivity index (χ0) is 21.7. The van der Waals surface area contributed by atoms with Crippen molar-refractivity contribution in [3.63, 3.8) is 0 Å². The van der Waals surface area contributed by atoms with Crippen molar-refractivity contribution in [2.24, 2.45) is 0 Å². The minimum Gasteiger partial charge on any atom is -0.375 e. The van der Waals surface area contributed by atoms with Gasteiger partial charge in [0.25, 0.3) is 0 Å². The van der Waals surface area contributed by atoms with Crippen molar-refractivity contribution in [3.8, 4) is 11.3 Å². The van der Waals surface area contributed by atoms with Crippen LogP contribution < -0.4 is 10.2 Å². The van der Waals surface area contributed by atoms with E-state index < -0.39 is 11.6 Å². The van der Waals surface area contributed by atoms with Gasteiger partial charge in [-0.2, -0.15) is 0 Å². The monoisotopic (exact) mass is 421 g/mol. The number of hydrogen-bond acceptors (Lipinski definition) is 4. The number of hydrogen-bond donors (Lipinski definition) is 2. The van der Waals surface area contributed by atoms with Crippen molar-refractivity contribution in [1.29, 1.82) is 5.41 Å². The van der Waals surface area contributed by atoms with Crippen molar-refractivity contribution in [3.05, 3.63) is 59.8 Å². The molecule has 7 heteroatoms. The van der Waals surface area contributed by atoms with E-state index in [0.29, 0.717) is 39.7 Å². The number of rotatable bonds is 3. The van der Waals surface area contributed by atoms with E-state index >= 15 is 4.39 Å². The van der Waals surface area contributed by atoms with E-state index in [0.717, 1.165) is 25.9 Å². The van der Waals surface area contributed by atoms with Crippen molar-refractivity contribution in [2.45, 2.75) is 24.9 Å². The number of amidine groups is 1. The molecular formula is C24H25F2N5. The summed E-state index contributed by atoms with van der Waals surface area (Å²) in [6.45, 7) is 1.47. The van der Waals surface area contributed by atoms with Crippen LogP contribution in [0.3, 0.4) is 0 Å². The van der Waals surface area contributed by atoms with Crippen molar-refractivity contribution >= 4 is 22.3 Å². The number of piperazine rings is 1. The highest BCUT2D eigenvalue weighted by atomic mass is 19.1. The highest BCUT2D eigenvalue weighted by Crippen LogP contribution is 2.36. The molecule has 2 atom stereocenters. The summed E-state index contributed by atoms with van der Waals surface area (Å²) >= 11 is 0.